The molecule has 21 heavy (non-hydrogen) atoms. The summed E-state index contributed by atoms with van der Waals surface area (Å²) >= 11 is 1.34. The number of anilines is 2. The summed E-state index contributed by atoms with van der Waals surface area (Å²) in [6.45, 7) is 2.39. The molecular weight excluding hydrogens is 292 g/mol. The number of nitrogens with zero attached hydrogens (tertiary/aromatic N) is 3. The maximum atomic E-state index is 11.3. The molecule has 2 heterocycles. The van der Waals surface area contributed by atoms with Crippen molar-refractivity contribution in [1.29, 1.82) is 0 Å². The molecule has 1 aromatic carbocycles. The van der Waals surface area contributed by atoms with Gasteiger partial charge in [-0.15, -0.1) is 0 Å². The van der Waals surface area contributed by atoms with E-state index in [0.29, 0.717) is 23.0 Å². The summed E-state index contributed by atoms with van der Waals surface area (Å²) in [6, 6.07) is 7.27. The molecule has 2 aromatic heterocycles. The molecule has 3 aromatic rings. The standard InChI is InChI=1S/C13H12N4O3S/c1-2-20-10-6-4-3-5-9(10)14-11-12(17(18)19)16-7-8-21-13(16)15-11/h3-8,14H,2H2,1H3. The van der Waals surface area contributed by atoms with Crippen molar-refractivity contribution >= 4 is 33.6 Å². The summed E-state index contributed by atoms with van der Waals surface area (Å²) in [5.41, 5.74) is 0.646. The van der Waals surface area contributed by atoms with Crippen molar-refractivity contribution < 1.29 is 9.66 Å². The number of hydrogen-bond acceptors (Lipinski definition) is 6. The number of para-hydroxylation sites is 2. The van der Waals surface area contributed by atoms with Crippen LogP contribution >= 0.6 is 11.3 Å². The minimum Gasteiger partial charge on any atom is -0.492 e. The molecule has 0 amide bonds. The predicted octanol–water partition coefficient (Wildman–Crippen LogP) is 3.45. The van der Waals surface area contributed by atoms with Crippen molar-refractivity contribution in [2.24, 2.45) is 0 Å². The molecule has 0 bridgehead atoms. The fourth-order valence-electron chi connectivity index (χ4n) is 2.01. The monoisotopic (exact) mass is 304 g/mol. The lowest BCUT2D eigenvalue weighted by molar-refractivity contribution is -0.389. The molecule has 0 saturated heterocycles. The summed E-state index contributed by atoms with van der Waals surface area (Å²) in [5.74, 6) is 0.752. The highest BCUT2D eigenvalue weighted by Crippen LogP contribution is 2.33. The Labute approximate surface area is 124 Å². The Morgan fingerprint density at radius 2 is 2.29 bits per heavy atom. The van der Waals surface area contributed by atoms with Gasteiger partial charge in [0.15, 0.2) is 0 Å². The number of ether oxygens (including phenoxy) is 1. The van der Waals surface area contributed by atoms with Crippen LogP contribution in [0.2, 0.25) is 0 Å². The first-order chi connectivity index (χ1) is 10.2. The van der Waals surface area contributed by atoms with Gasteiger partial charge in [-0.3, -0.25) is 0 Å². The average molecular weight is 304 g/mol. The van der Waals surface area contributed by atoms with Crippen molar-refractivity contribution in [3.05, 3.63) is 46.0 Å². The molecule has 0 atom stereocenters. The second-order valence-electron chi connectivity index (χ2n) is 4.15. The fraction of sp³-hybridized carbons (Fsp3) is 0.154. The normalized spacial score (nSPS) is 10.7. The van der Waals surface area contributed by atoms with Gasteiger partial charge in [-0.05, 0) is 24.0 Å². The van der Waals surface area contributed by atoms with Crippen molar-refractivity contribution in [2.45, 2.75) is 6.92 Å². The largest absolute Gasteiger partial charge is 0.492 e. The first-order valence-corrected chi connectivity index (χ1v) is 7.17. The number of benzene rings is 1. The van der Waals surface area contributed by atoms with Crippen molar-refractivity contribution in [1.82, 2.24) is 9.38 Å². The van der Waals surface area contributed by atoms with E-state index in [9.17, 15) is 10.1 Å². The van der Waals surface area contributed by atoms with Gasteiger partial charge in [-0.1, -0.05) is 23.5 Å². The number of hydrogen-bond donors (Lipinski definition) is 1. The zero-order chi connectivity index (χ0) is 14.8. The first kappa shape index (κ1) is 13.4. The number of aromatic nitrogens is 2. The number of rotatable bonds is 5. The van der Waals surface area contributed by atoms with Gasteiger partial charge in [-0.2, -0.15) is 9.38 Å². The smallest absolute Gasteiger partial charge is 0.373 e. The summed E-state index contributed by atoms with van der Waals surface area (Å²) in [7, 11) is 0. The lowest BCUT2D eigenvalue weighted by atomic mass is 10.3. The molecule has 0 radical (unpaired) electrons. The van der Waals surface area contributed by atoms with E-state index in [0.717, 1.165) is 0 Å². The van der Waals surface area contributed by atoms with E-state index >= 15 is 0 Å². The van der Waals surface area contributed by atoms with E-state index in [4.69, 9.17) is 4.74 Å². The summed E-state index contributed by atoms with van der Waals surface area (Å²) in [4.78, 5) is 15.7. The summed E-state index contributed by atoms with van der Waals surface area (Å²) in [6.07, 6.45) is 1.63. The lowest BCUT2D eigenvalue weighted by Gasteiger charge is -2.10. The van der Waals surface area contributed by atoms with Gasteiger partial charge < -0.3 is 20.2 Å². The molecule has 3 rings (SSSR count). The topological polar surface area (TPSA) is 81.7 Å². The highest BCUT2D eigenvalue weighted by molar-refractivity contribution is 7.15. The van der Waals surface area contributed by atoms with E-state index in [2.05, 4.69) is 10.3 Å². The Balaban J connectivity index is 2.04. The molecule has 0 saturated carbocycles. The molecule has 0 spiro atoms. The van der Waals surface area contributed by atoms with Crippen LogP contribution in [-0.4, -0.2) is 20.9 Å². The third kappa shape index (κ3) is 2.40. The second kappa shape index (κ2) is 5.41. The van der Waals surface area contributed by atoms with Crippen molar-refractivity contribution in [2.75, 3.05) is 11.9 Å². The Morgan fingerprint density at radius 3 is 3.05 bits per heavy atom. The SMILES string of the molecule is CCOc1ccccc1Nc1nc2sccn2c1[N+](=O)[O-]. The zero-order valence-electron chi connectivity index (χ0n) is 11.1. The van der Waals surface area contributed by atoms with Crippen LogP contribution in [0.5, 0.6) is 5.75 Å². The maximum absolute atomic E-state index is 11.3. The van der Waals surface area contributed by atoms with Crippen molar-refractivity contribution in [3.63, 3.8) is 0 Å². The van der Waals surface area contributed by atoms with Crippen LogP contribution in [0.25, 0.3) is 4.96 Å². The number of fused-ring (bicyclic) bond motifs is 1. The van der Waals surface area contributed by atoms with Gasteiger partial charge in [0.05, 0.1) is 12.3 Å². The van der Waals surface area contributed by atoms with Crippen LogP contribution in [0, 0.1) is 10.1 Å². The number of nitrogens with one attached hydrogen (secondary N) is 1. The Bertz CT molecular complexity index is 796. The summed E-state index contributed by atoms with van der Waals surface area (Å²) < 4.78 is 6.96. The molecule has 7 nitrogen and oxygen atoms in total. The van der Waals surface area contributed by atoms with Gasteiger partial charge in [0.25, 0.3) is 4.96 Å². The third-order valence-electron chi connectivity index (χ3n) is 2.85. The van der Waals surface area contributed by atoms with Gasteiger partial charge in [-0.25, -0.2) is 0 Å². The predicted molar refractivity (Wildman–Crippen MR) is 80.6 cm³/mol. The fourth-order valence-corrected chi connectivity index (χ4v) is 2.72. The average Bonchev–Trinajstić information content (AvgIpc) is 3.01. The number of nitro groups is 1. The molecule has 0 aliphatic heterocycles. The third-order valence-corrected chi connectivity index (χ3v) is 3.61. The van der Waals surface area contributed by atoms with Crippen molar-refractivity contribution in [3.8, 4) is 5.75 Å². The Kier molecular flexibility index (Phi) is 3.44. The number of imidazole rings is 1. The van der Waals surface area contributed by atoms with Crippen LogP contribution < -0.4 is 10.1 Å². The van der Waals surface area contributed by atoms with Crippen LogP contribution in [0.1, 0.15) is 6.92 Å². The van der Waals surface area contributed by atoms with Gasteiger partial charge >= 0.3 is 5.82 Å². The van der Waals surface area contributed by atoms with E-state index in [1.807, 2.05) is 19.1 Å². The molecule has 8 heteroatoms. The highest BCUT2D eigenvalue weighted by atomic mass is 32.1. The molecule has 0 unspecified atom stereocenters. The van der Waals surface area contributed by atoms with Gasteiger partial charge in [0.2, 0.25) is 5.82 Å². The first-order valence-electron chi connectivity index (χ1n) is 6.29. The van der Waals surface area contributed by atoms with Gasteiger partial charge in [0, 0.05) is 5.38 Å². The molecule has 0 aliphatic rings. The van der Waals surface area contributed by atoms with Crippen LogP contribution in [-0.2, 0) is 0 Å². The Morgan fingerprint density at radius 1 is 1.48 bits per heavy atom. The van der Waals surface area contributed by atoms with E-state index in [-0.39, 0.29) is 11.6 Å². The Hall–Kier alpha value is -2.61. The molecule has 0 aliphatic carbocycles. The summed E-state index contributed by atoms with van der Waals surface area (Å²) in [5, 5.41) is 16.0. The quantitative estimate of drug-likeness (QED) is 0.576. The minimum atomic E-state index is -0.446. The zero-order valence-corrected chi connectivity index (χ0v) is 12.0. The lowest BCUT2D eigenvalue weighted by Crippen LogP contribution is -2.00. The van der Waals surface area contributed by atoms with E-state index < -0.39 is 4.92 Å². The molecule has 1 N–H and O–H groups in total. The van der Waals surface area contributed by atoms with Crippen LogP contribution in [0.4, 0.5) is 17.3 Å². The maximum Gasteiger partial charge on any atom is 0.373 e. The number of thiazole rings is 1. The van der Waals surface area contributed by atoms with E-state index in [1.54, 1.807) is 23.7 Å². The van der Waals surface area contributed by atoms with Crippen LogP contribution in [0.3, 0.4) is 0 Å². The van der Waals surface area contributed by atoms with Crippen LogP contribution in [0.15, 0.2) is 35.8 Å². The second-order valence-corrected chi connectivity index (χ2v) is 5.02. The minimum absolute atomic E-state index is 0.0856. The molecular formula is C13H12N4O3S. The molecule has 0 fully saturated rings. The van der Waals surface area contributed by atoms with E-state index in [1.165, 1.54) is 15.7 Å². The van der Waals surface area contributed by atoms with Gasteiger partial charge in [0.1, 0.15) is 11.9 Å². The molecule has 108 valence electrons. The highest BCUT2D eigenvalue weighted by Gasteiger charge is 2.24.